The topological polar surface area (TPSA) is 55.6 Å². The van der Waals surface area contributed by atoms with Gasteiger partial charge in [-0.1, -0.05) is 32.1 Å². The van der Waals surface area contributed by atoms with Crippen molar-refractivity contribution in [3.05, 3.63) is 0 Å². The molecule has 3 heteroatoms. The van der Waals surface area contributed by atoms with Crippen molar-refractivity contribution in [3.8, 4) is 0 Å². The van der Waals surface area contributed by atoms with Crippen LogP contribution in [0.3, 0.4) is 0 Å². The first-order valence-electron chi connectivity index (χ1n) is 6.06. The molecule has 3 nitrogen and oxygen atoms in total. The number of nitrogens with two attached hydrogens (primary N) is 1. The summed E-state index contributed by atoms with van der Waals surface area (Å²) in [4.78, 5) is 11.9. The summed E-state index contributed by atoms with van der Waals surface area (Å²) < 4.78 is 5.14. The maximum absolute atomic E-state index is 11.9. The third-order valence-electron chi connectivity index (χ3n) is 3.75. The molecule has 0 spiro atoms. The molecule has 2 N–H and O–H groups in total. The molecule has 15 heavy (non-hydrogen) atoms. The van der Waals surface area contributed by atoms with Gasteiger partial charge in [0.15, 0.2) is 5.78 Å². The monoisotopic (exact) mass is 211 g/mol. The zero-order valence-corrected chi connectivity index (χ0v) is 9.50. The van der Waals surface area contributed by atoms with Crippen LogP contribution in [0.15, 0.2) is 0 Å². The molecule has 0 radical (unpaired) electrons. The molecule has 86 valence electrons. The van der Waals surface area contributed by atoms with Gasteiger partial charge in [-0.2, -0.15) is 0 Å². The Hall–Kier alpha value is -0.410. The van der Waals surface area contributed by atoms with Crippen LogP contribution in [0.5, 0.6) is 0 Å². The largest absolute Gasteiger partial charge is 0.362 e. The summed E-state index contributed by atoms with van der Waals surface area (Å²) in [6.07, 6.45) is 7.31. The van der Waals surface area contributed by atoms with Crippen LogP contribution in [-0.2, 0) is 9.53 Å². The first-order valence-corrected chi connectivity index (χ1v) is 6.06. The molecule has 1 aliphatic carbocycles. The highest BCUT2D eigenvalue weighted by molar-refractivity contribution is 5.93. The summed E-state index contributed by atoms with van der Waals surface area (Å²) in [5.74, 6) is 0.771. The van der Waals surface area contributed by atoms with Crippen molar-refractivity contribution in [2.45, 2.75) is 57.1 Å². The Labute approximate surface area is 91.4 Å². The molecule has 0 bridgehead atoms. The summed E-state index contributed by atoms with van der Waals surface area (Å²) >= 11 is 0. The number of hydrogen-bond acceptors (Lipinski definition) is 3. The second-order valence-corrected chi connectivity index (χ2v) is 5.23. The predicted octanol–water partition coefficient (Wildman–Crippen LogP) is 1.64. The summed E-state index contributed by atoms with van der Waals surface area (Å²) in [7, 11) is 0. The number of rotatable bonds is 4. The van der Waals surface area contributed by atoms with Gasteiger partial charge in [-0.15, -0.1) is 0 Å². The third kappa shape index (κ3) is 2.58. The van der Waals surface area contributed by atoms with E-state index in [0.717, 1.165) is 6.42 Å². The van der Waals surface area contributed by atoms with Crippen molar-refractivity contribution < 1.29 is 9.53 Å². The number of ether oxygens (including phenoxy) is 1. The predicted molar refractivity (Wildman–Crippen MR) is 58.5 cm³/mol. The Bertz CT molecular complexity index is 242. The Kier molecular flexibility index (Phi) is 3.12. The number of ketones is 1. The van der Waals surface area contributed by atoms with Gasteiger partial charge in [0.25, 0.3) is 0 Å². The van der Waals surface area contributed by atoms with Gasteiger partial charge in [-0.05, 0) is 19.3 Å². The van der Waals surface area contributed by atoms with Crippen molar-refractivity contribution in [3.63, 3.8) is 0 Å². The zero-order valence-electron chi connectivity index (χ0n) is 9.50. The van der Waals surface area contributed by atoms with E-state index in [-0.39, 0.29) is 11.8 Å². The Morgan fingerprint density at radius 2 is 2.07 bits per heavy atom. The minimum atomic E-state index is -0.534. The van der Waals surface area contributed by atoms with E-state index in [1.165, 1.54) is 32.1 Å². The fourth-order valence-corrected chi connectivity index (χ4v) is 2.53. The van der Waals surface area contributed by atoms with Crippen molar-refractivity contribution in [2.24, 2.45) is 11.7 Å². The average Bonchev–Trinajstić information content (AvgIpc) is 2.98. The van der Waals surface area contributed by atoms with Gasteiger partial charge in [-0.3, -0.25) is 4.79 Å². The summed E-state index contributed by atoms with van der Waals surface area (Å²) in [6, 6.07) is -0.305. The lowest BCUT2D eigenvalue weighted by molar-refractivity contribution is -0.125. The molecule has 0 aromatic carbocycles. The van der Waals surface area contributed by atoms with Gasteiger partial charge in [0.1, 0.15) is 5.60 Å². The lowest BCUT2D eigenvalue weighted by Crippen LogP contribution is -2.40. The van der Waals surface area contributed by atoms with Crippen LogP contribution < -0.4 is 5.73 Å². The van der Waals surface area contributed by atoms with Crippen LogP contribution in [-0.4, -0.2) is 24.0 Å². The van der Waals surface area contributed by atoms with E-state index in [4.69, 9.17) is 10.5 Å². The highest BCUT2D eigenvalue weighted by Crippen LogP contribution is 2.32. The number of hydrogen-bond donors (Lipinski definition) is 1. The minimum absolute atomic E-state index is 0.105. The summed E-state index contributed by atoms with van der Waals surface area (Å²) in [6.45, 7) is 2.40. The SMILES string of the molecule is CC1(C(=O)C(N)CC2CCCCC2)CO1. The maximum Gasteiger partial charge on any atom is 0.183 e. The number of epoxide rings is 1. The van der Waals surface area contributed by atoms with Crippen LogP contribution in [0.4, 0.5) is 0 Å². The van der Waals surface area contributed by atoms with Crippen LogP contribution in [0.25, 0.3) is 0 Å². The van der Waals surface area contributed by atoms with Gasteiger partial charge in [0.05, 0.1) is 12.6 Å². The molecule has 1 saturated carbocycles. The van der Waals surface area contributed by atoms with Gasteiger partial charge in [0.2, 0.25) is 0 Å². The highest BCUT2D eigenvalue weighted by atomic mass is 16.6. The van der Waals surface area contributed by atoms with E-state index in [9.17, 15) is 4.79 Å². The highest BCUT2D eigenvalue weighted by Gasteiger charge is 2.49. The molecule has 1 aliphatic heterocycles. The van der Waals surface area contributed by atoms with Crippen LogP contribution >= 0.6 is 0 Å². The van der Waals surface area contributed by atoms with Gasteiger partial charge in [0, 0.05) is 0 Å². The van der Waals surface area contributed by atoms with E-state index in [1.807, 2.05) is 6.92 Å². The summed E-state index contributed by atoms with van der Waals surface area (Å²) in [5.41, 5.74) is 5.41. The van der Waals surface area contributed by atoms with Gasteiger partial charge >= 0.3 is 0 Å². The maximum atomic E-state index is 11.9. The van der Waals surface area contributed by atoms with Crippen molar-refractivity contribution in [2.75, 3.05) is 6.61 Å². The molecule has 0 aromatic heterocycles. The van der Waals surface area contributed by atoms with Gasteiger partial charge in [-0.25, -0.2) is 0 Å². The average molecular weight is 211 g/mol. The zero-order chi connectivity index (χ0) is 10.9. The van der Waals surface area contributed by atoms with Gasteiger partial charge < -0.3 is 10.5 Å². The molecule has 0 amide bonds. The molecule has 0 aromatic rings. The minimum Gasteiger partial charge on any atom is -0.362 e. The van der Waals surface area contributed by atoms with E-state index in [2.05, 4.69) is 0 Å². The fourth-order valence-electron chi connectivity index (χ4n) is 2.53. The number of carbonyl (C=O) groups is 1. The summed E-state index contributed by atoms with van der Waals surface area (Å²) in [5, 5.41) is 0. The Morgan fingerprint density at radius 1 is 1.47 bits per heavy atom. The first kappa shape index (κ1) is 11.1. The molecular weight excluding hydrogens is 190 g/mol. The molecule has 2 rings (SSSR count). The van der Waals surface area contributed by atoms with Crippen molar-refractivity contribution in [1.29, 1.82) is 0 Å². The molecular formula is C12H21NO2. The van der Waals surface area contributed by atoms with E-state index in [0.29, 0.717) is 12.5 Å². The molecule has 2 atom stereocenters. The van der Waals surface area contributed by atoms with Crippen LogP contribution in [0.2, 0.25) is 0 Å². The molecule has 2 aliphatic rings. The van der Waals surface area contributed by atoms with E-state index in [1.54, 1.807) is 0 Å². The smallest absolute Gasteiger partial charge is 0.183 e. The molecule has 2 unspecified atom stereocenters. The van der Waals surface area contributed by atoms with Crippen molar-refractivity contribution >= 4 is 5.78 Å². The standard InChI is InChI=1S/C12H21NO2/c1-12(8-15-12)11(14)10(13)7-9-5-3-2-4-6-9/h9-10H,2-8,13H2,1H3. The quantitative estimate of drug-likeness (QED) is 0.719. The van der Waals surface area contributed by atoms with Crippen LogP contribution in [0.1, 0.15) is 45.4 Å². The normalized spacial score (nSPS) is 33.7. The van der Waals surface area contributed by atoms with Crippen molar-refractivity contribution in [1.82, 2.24) is 0 Å². The van der Waals surface area contributed by atoms with E-state index < -0.39 is 5.60 Å². The second kappa shape index (κ2) is 4.22. The molecule has 1 saturated heterocycles. The van der Waals surface area contributed by atoms with Crippen LogP contribution in [0, 0.1) is 5.92 Å². The number of carbonyl (C=O) groups excluding carboxylic acids is 1. The lowest BCUT2D eigenvalue weighted by Gasteiger charge is -2.24. The third-order valence-corrected chi connectivity index (χ3v) is 3.75. The Balaban J connectivity index is 1.80. The first-order chi connectivity index (χ1) is 7.12. The second-order valence-electron chi connectivity index (χ2n) is 5.23. The molecule has 2 fully saturated rings. The molecule has 1 heterocycles. The number of Topliss-reactive ketones (excluding diaryl/α,β-unsaturated/α-hetero) is 1. The fraction of sp³-hybridized carbons (Fsp3) is 0.917. The van der Waals surface area contributed by atoms with E-state index >= 15 is 0 Å². The lowest BCUT2D eigenvalue weighted by atomic mass is 9.83. The Morgan fingerprint density at radius 3 is 2.60 bits per heavy atom.